The van der Waals surface area contributed by atoms with Crippen LogP contribution in [0.15, 0.2) is 84.6 Å². The van der Waals surface area contributed by atoms with Crippen LogP contribution in [0.1, 0.15) is 74.9 Å². The van der Waals surface area contributed by atoms with Crippen LogP contribution in [0.3, 0.4) is 0 Å². The lowest BCUT2D eigenvalue weighted by atomic mass is 9.99. The summed E-state index contributed by atoms with van der Waals surface area (Å²) in [5.74, 6) is -0.0770. The molecule has 7 nitrogen and oxygen atoms in total. The summed E-state index contributed by atoms with van der Waals surface area (Å²) >= 11 is 6.19. The molecule has 1 saturated heterocycles. The van der Waals surface area contributed by atoms with Crippen molar-refractivity contribution in [3.05, 3.63) is 118 Å². The first kappa shape index (κ1) is 39.9. The minimum absolute atomic E-state index is 0.0720. The van der Waals surface area contributed by atoms with Crippen molar-refractivity contribution in [1.82, 2.24) is 25.3 Å². The third kappa shape index (κ3) is 11.2. The highest BCUT2D eigenvalue weighted by Crippen LogP contribution is 2.30. The lowest BCUT2D eigenvalue weighted by molar-refractivity contribution is -0.135. The molecule has 1 amide bonds. The summed E-state index contributed by atoms with van der Waals surface area (Å²) in [4.78, 5) is 28.8. The average Bonchev–Trinajstić information content (AvgIpc) is 3.55. The number of likely N-dealkylation sites (N-methyl/N-ethyl adjacent to an activating group) is 1. The monoisotopic (exact) mass is 691 g/mol. The molecule has 1 fully saturated rings. The van der Waals surface area contributed by atoms with Gasteiger partial charge in [-0.3, -0.25) is 9.69 Å². The molecule has 0 radical (unpaired) electrons. The molecule has 2 aliphatic heterocycles. The fourth-order valence-electron chi connectivity index (χ4n) is 6.56. The van der Waals surface area contributed by atoms with Crippen molar-refractivity contribution in [1.29, 1.82) is 0 Å². The minimum Gasteiger partial charge on any atom is -0.377 e. The van der Waals surface area contributed by atoms with E-state index in [1.807, 2.05) is 61.9 Å². The third-order valence-electron chi connectivity index (χ3n) is 9.21. The minimum atomic E-state index is -0.416. The van der Waals surface area contributed by atoms with E-state index in [1.54, 1.807) is 12.1 Å². The average molecular weight is 692 g/mol. The Balaban J connectivity index is 0.00000157. The van der Waals surface area contributed by atoms with Crippen LogP contribution in [0.25, 0.3) is 0 Å². The van der Waals surface area contributed by atoms with Crippen molar-refractivity contribution in [2.75, 3.05) is 46.3 Å². The number of nitrogens with zero attached hydrogens (tertiary/aromatic N) is 3. The van der Waals surface area contributed by atoms with Gasteiger partial charge in [0.05, 0.1) is 6.04 Å². The Labute approximate surface area is 298 Å². The summed E-state index contributed by atoms with van der Waals surface area (Å²) < 4.78 is 15.0. The Morgan fingerprint density at radius 2 is 1.67 bits per heavy atom. The van der Waals surface area contributed by atoms with Gasteiger partial charge in [0, 0.05) is 74.4 Å². The van der Waals surface area contributed by atoms with E-state index in [4.69, 9.17) is 16.4 Å². The summed E-state index contributed by atoms with van der Waals surface area (Å²) in [6.07, 6.45) is 4.44. The second kappa shape index (κ2) is 20.8. The van der Waals surface area contributed by atoms with Gasteiger partial charge in [0.1, 0.15) is 18.6 Å². The van der Waals surface area contributed by atoms with Gasteiger partial charge in [-0.2, -0.15) is 0 Å². The summed E-state index contributed by atoms with van der Waals surface area (Å²) in [6.45, 7) is 15.3. The number of carbonyl (C=O) groups excluding carboxylic acids is 2. The molecule has 5 rings (SSSR count). The van der Waals surface area contributed by atoms with Gasteiger partial charge in [0.2, 0.25) is 5.91 Å². The molecule has 2 N–H and O–H groups in total. The number of halogens is 2. The second-order valence-corrected chi connectivity index (χ2v) is 12.7. The molecule has 2 aliphatic rings. The van der Waals surface area contributed by atoms with Crippen LogP contribution < -0.4 is 10.6 Å². The van der Waals surface area contributed by atoms with Gasteiger partial charge in [0.25, 0.3) is 0 Å². The number of fused-ring (bicyclic) bond motifs is 1. The van der Waals surface area contributed by atoms with Crippen LogP contribution in [0.2, 0.25) is 5.02 Å². The van der Waals surface area contributed by atoms with Crippen molar-refractivity contribution < 1.29 is 14.0 Å². The van der Waals surface area contributed by atoms with E-state index in [0.717, 1.165) is 49.3 Å². The summed E-state index contributed by atoms with van der Waals surface area (Å²) in [5, 5.41) is 8.04. The first-order valence-electron chi connectivity index (χ1n) is 17.6. The molecule has 0 aliphatic carbocycles. The van der Waals surface area contributed by atoms with Gasteiger partial charge in [0.15, 0.2) is 0 Å². The molecule has 3 aromatic carbocycles. The standard InChI is InChI=1S/C37H47ClFN5O.C2H6.CH2O/c1-4-10-30(24-34-31-12-7-6-11-28(31)25-40-34)41-35(23-27-15-17-29(38)18-16-27)37(45)44-21-19-43(20-22-44)36(26-42(3)5-2)32-13-8-9-14-33(32)39;2*1-2/h6-18,34-36,40-41H,4-5,19-26H2,1-3H3;1-2H3;1H2. The van der Waals surface area contributed by atoms with Crippen LogP contribution in [0.4, 0.5) is 4.39 Å². The van der Waals surface area contributed by atoms with E-state index in [-0.39, 0.29) is 23.8 Å². The predicted octanol–water partition coefficient (Wildman–Crippen LogP) is 7.19. The first-order valence-corrected chi connectivity index (χ1v) is 18.0. The molecular weight excluding hydrogens is 637 g/mol. The zero-order chi connectivity index (χ0) is 35.8. The van der Waals surface area contributed by atoms with Gasteiger partial charge >= 0.3 is 0 Å². The maximum atomic E-state index is 15.0. The topological polar surface area (TPSA) is 67.9 Å². The van der Waals surface area contributed by atoms with Crippen molar-refractivity contribution in [2.45, 2.75) is 71.6 Å². The lowest BCUT2D eigenvalue weighted by Gasteiger charge is -2.41. The smallest absolute Gasteiger partial charge is 0.245 e. The van der Waals surface area contributed by atoms with Gasteiger partial charge in [-0.05, 0) is 54.9 Å². The number of piperazine rings is 1. The number of carbonyl (C=O) groups is 2. The molecule has 49 heavy (non-hydrogen) atoms. The molecule has 0 bridgehead atoms. The van der Waals surface area contributed by atoms with Gasteiger partial charge in [-0.15, -0.1) is 0 Å². The van der Waals surface area contributed by atoms with Crippen LogP contribution in [-0.4, -0.2) is 79.8 Å². The molecule has 0 aromatic heterocycles. The van der Waals surface area contributed by atoms with Crippen LogP contribution in [-0.2, 0) is 22.6 Å². The van der Waals surface area contributed by atoms with E-state index in [0.29, 0.717) is 37.6 Å². The fourth-order valence-corrected chi connectivity index (χ4v) is 6.69. The Kier molecular flexibility index (Phi) is 17.0. The van der Waals surface area contributed by atoms with Gasteiger partial charge in [-0.25, -0.2) is 4.39 Å². The Bertz CT molecular complexity index is 1460. The Hall–Kier alpha value is -3.56. The number of rotatable bonds is 13. The predicted molar refractivity (Wildman–Crippen MR) is 200 cm³/mol. The van der Waals surface area contributed by atoms with Crippen molar-refractivity contribution >= 4 is 24.3 Å². The SMILES string of the molecule is C=O.CC.CCC=C(CC1NCc2ccccc21)NC(Cc1ccc(Cl)cc1)C(=O)N1CCN(C(CN(C)CC)c2ccccc2F)CC1. The van der Waals surface area contributed by atoms with Crippen LogP contribution in [0.5, 0.6) is 0 Å². The number of hydrogen-bond acceptors (Lipinski definition) is 6. The van der Waals surface area contributed by atoms with Crippen molar-refractivity contribution in [2.24, 2.45) is 0 Å². The van der Waals surface area contributed by atoms with Crippen LogP contribution in [0, 0.1) is 5.82 Å². The number of allylic oxidation sites excluding steroid dienone is 1. The highest BCUT2D eigenvalue weighted by atomic mass is 35.5. The van der Waals surface area contributed by atoms with Crippen LogP contribution >= 0.6 is 11.6 Å². The molecular formula is C40H55ClFN5O2. The summed E-state index contributed by atoms with van der Waals surface area (Å²) in [5.41, 5.74) is 5.53. The van der Waals surface area contributed by atoms with Crippen molar-refractivity contribution in [3.63, 3.8) is 0 Å². The van der Waals surface area contributed by atoms with E-state index >= 15 is 0 Å². The van der Waals surface area contributed by atoms with E-state index in [2.05, 4.69) is 71.7 Å². The normalized spacial score (nSPS) is 17.3. The van der Waals surface area contributed by atoms with Gasteiger partial charge in [-0.1, -0.05) is 100.0 Å². The highest BCUT2D eigenvalue weighted by molar-refractivity contribution is 6.30. The zero-order valence-electron chi connectivity index (χ0n) is 29.9. The second-order valence-electron chi connectivity index (χ2n) is 12.3. The number of nitrogens with one attached hydrogen (secondary N) is 2. The molecule has 3 aromatic rings. The molecule has 3 atom stereocenters. The Morgan fingerprint density at radius 1 is 1.02 bits per heavy atom. The third-order valence-corrected chi connectivity index (χ3v) is 9.46. The molecule has 0 spiro atoms. The van der Waals surface area contributed by atoms with E-state index < -0.39 is 6.04 Å². The van der Waals surface area contributed by atoms with Gasteiger partial charge < -0.3 is 25.2 Å². The maximum Gasteiger partial charge on any atom is 0.245 e. The molecule has 0 saturated carbocycles. The highest BCUT2D eigenvalue weighted by Gasteiger charge is 2.33. The fraction of sp³-hybridized carbons (Fsp3) is 0.450. The van der Waals surface area contributed by atoms with Crippen molar-refractivity contribution in [3.8, 4) is 0 Å². The van der Waals surface area contributed by atoms with E-state index in [9.17, 15) is 9.18 Å². The zero-order valence-corrected chi connectivity index (χ0v) is 30.7. The molecule has 2 heterocycles. The molecule has 266 valence electrons. The van der Waals surface area contributed by atoms with E-state index in [1.165, 1.54) is 11.1 Å². The number of benzene rings is 3. The first-order chi connectivity index (χ1) is 23.9. The molecule has 9 heteroatoms. The lowest BCUT2D eigenvalue weighted by Crippen LogP contribution is -2.55. The maximum absolute atomic E-state index is 15.0. The Morgan fingerprint density at radius 3 is 2.33 bits per heavy atom. The summed E-state index contributed by atoms with van der Waals surface area (Å²) in [7, 11) is 2.07. The molecule has 3 unspecified atom stereocenters. The number of hydrogen-bond donors (Lipinski definition) is 2. The quantitative estimate of drug-likeness (QED) is 0.198. The largest absolute Gasteiger partial charge is 0.377 e. The summed E-state index contributed by atoms with van der Waals surface area (Å²) in [6, 6.07) is 23.2. The number of amides is 1.